The molecule has 2 aliphatic rings. The zero-order valence-corrected chi connectivity index (χ0v) is 12.0. The number of rotatable bonds is 7. The first kappa shape index (κ1) is 15.2. The van der Waals surface area contributed by atoms with E-state index in [1.807, 2.05) is 0 Å². The molecule has 0 aromatic carbocycles. The quantitative estimate of drug-likeness (QED) is 0.695. The Labute approximate surface area is 116 Å². The van der Waals surface area contributed by atoms with Gasteiger partial charge in [0.15, 0.2) is 0 Å². The van der Waals surface area contributed by atoms with Crippen molar-refractivity contribution in [2.45, 2.75) is 43.9 Å². The maximum atomic E-state index is 9.87. The van der Waals surface area contributed by atoms with Gasteiger partial charge in [0.1, 0.15) is 0 Å². The molecule has 0 radical (unpaired) electrons. The third-order valence-corrected chi connectivity index (χ3v) is 4.00. The highest BCUT2D eigenvalue weighted by Gasteiger charge is 2.18. The van der Waals surface area contributed by atoms with Crippen LogP contribution in [0.2, 0.25) is 0 Å². The number of aliphatic hydroxyl groups excluding tert-OH is 1. The molecule has 0 amide bonds. The van der Waals surface area contributed by atoms with Crippen LogP contribution in [0.4, 0.5) is 0 Å². The van der Waals surface area contributed by atoms with Crippen LogP contribution in [0.1, 0.15) is 25.7 Å². The van der Waals surface area contributed by atoms with Crippen LogP contribution in [-0.2, 0) is 9.47 Å². The molecule has 0 spiro atoms. The van der Waals surface area contributed by atoms with Gasteiger partial charge in [-0.2, -0.15) is 0 Å². The van der Waals surface area contributed by atoms with E-state index in [0.29, 0.717) is 25.8 Å². The summed E-state index contributed by atoms with van der Waals surface area (Å²) in [5.41, 5.74) is 0. The second kappa shape index (κ2) is 8.17. The molecule has 112 valence electrons. The Balaban J connectivity index is 1.48. The van der Waals surface area contributed by atoms with Crippen molar-refractivity contribution in [2.24, 2.45) is 0 Å². The van der Waals surface area contributed by atoms with Gasteiger partial charge in [-0.1, -0.05) is 0 Å². The normalized spacial score (nSPS) is 27.8. The molecule has 2 heterocycles. The molecule has 0 saturated carbocycles. The van der Waals surface area contributed by atoms with E-state index in [9.17, 15) is 5.11 Å². The summed E-state index contributed by atoms with van der Waals surface area (Å²) in [5, 5.41) is 13.3. The van der Waals surface area contributed by atoms with Crippen LogP contribution >= 0.6 is 0 Å². The number of hydrogen-bond donors (Lipinski definition) is 2. The zero-order valence-electron chi connectivity index (χ0n) is 12.0. The average molecular weight is 272 g/mol. The summed E-state index contributed by atoms with van der Waals surface area (Å²) >= 11 is 0. The van der Waals surface area contributed by atoms with E-state index in [1.165, 1.54) is 12.8 Å². The zero-order chi connectivity index (χ0) is 13.5. The number of hydrogen-bond acceptors (Lipinski definition) is 5. The minimum atomic E-state index is -0.416. The third-order valence-electron chi connectivity index (χ3n) is 4.00. The number of ether oxygens (including phenoxy) is 2. The molecular formula is C14H28N2O3. The van der Waals surface area contributed by atoms with Gasteiger partial charge in [-0.15, -0.1) is 0 Å². The van der Waals surface area contributed by atoms with Crippen molar-refractivity contribution < 1.29 is 14.6 Å². The third kappa shape index (κ3) is 5.75. The van der Waals surface area contributed by atoms with Gasteiger partial charge in [-0.3, -0.25) is 0 Å². The lowest BCUT2D eigenvalue weighted by molar-refractivity contribution is -0.0173. The maximum absolute atomic E-state index is 9.87. The number of aliphatic hydroxyl groups is 1. The van der Waals surface area contributed by atoms with Crippen LogP contribution in [0.15, 0.2) is 0 Å². The Bertz CT molecular complexity index is 239. The summed E-state index contributed by atoms with van der Waals surface area (Å²) in [5.74, 6) is 0. The number of nitrogens with zero attached hydrogens (tertiary/aromatic N) is 1. The highest BCUT2D eigenvalue weighted by Crippen LogP contribution is 2.12. The second-order valence-corrected chi connectivity index (χ2v) is 5.81. The number of likely N-dealkylation sites (tertiary alicyclic amines) is 1. The Morgan fingerprint density at radius 1 is 1.37 bits per heavy atom. The molecule has 2 atom stereocenters. The molecule has 2 saturated heterocycles. The highest BCUT2D eigenvalue weighted by atomic mass is 16.5. The van der Waals surface area contributed by atoms with E-state index >= 15 is 0 Å². The van der Waals surface area contributed by atoms with Crippen LogP contribution in [0.5, 0.6) is 0 Å². The van der Waals surface area contributed by atoms with E-state index in [1.54, 1.807) is 0 Å². The van der Waals surface area contributed by atoms with Gasteiger partial charge in [0.05, 0.1) is 25.4 Å². The Kier molecular flexibility index (Phi) is 6.53. The van der Waals surface area contributed by atoms with E-state index in [0.717, 1.165) is 32.5 Å². The molecule has 19 heavy (non-hydrogen) atoms. The number of piperidine rings is 1. The summed E-state index contributed by atoms with van der Waals surface area (Å²) in [4.78, 5) is 2.35. The maximum Gasteiger partial charge on any atom is 0.0897 e. The molecule has 0 bridgehead atoms. The van der Waals surface area contributed by atoms with Gasteiger partial charge in [0, 0.05) is 19.2 Å². The lowest BCUT2D eigenvalue weighted by Gasteiger charge is -2.30. The molecule has 5 heteroatoms. The predicted molar refractivity (Wildman–Crippen MR) is 74.3 cm³/mol. The summed E-state index contributed by atoms with van der Waals surface area (Å²) in [6.07, 6.45) is 4.38. The Morgan fingerprint density at radius 3 is 2.84 bits per heavy atom. The summed E-state index contributed by atoms with van der Waals surface area (Å²) < 4.78 is 11.0. The molecule has 2 unspecified atom stereocenters. The van der Waals surface area contributed by atoms with Crippen LogP contribution in [0.25, 0.3) is 0 Å². The largest absolute Gasteiger partial charge is 0.389 e. The Morgan fingerprint density at radius 2 is 2.16 bits per heavy atom. The summed E-state index contributed by atoms with van der Waals surface area (Å²) in [6.45, 7) is 4.78. The van der Waals surface area contributed by atoms with Crippen molar-refractivity contribution >= 4 is 0 Å². The van der Waals surface area contributed by atoms with Crippen LogP contribution in [0.3, 0.4) is 0 Å². The molecule has 5 nitrogen and oxygen atoms in total. The van der Waals surface area contributed by atoms with Gasteiger partial charge < -0.3 is 24.8 Å². The van der Waals surface area contributed by atoms with E-state index < -0.39 is 6.10 Å². The van der Waals surface area contributed by atoms with Crippen molar-refractivity contribution in [1.82, 2.24) is 10.2 Å². The van der Waals surface area contributed by atoms with E-state index in [4.69, 9.17) is 9.47 Å². The van der Waals surface area contributed by atoms with Crippen LogP contribution < -0.4 is 5.32 Å². The monoisotopic (exact) mass is 272 g/mol. The van der Waals surface area contributed by atoms with Crippen molar-refractivity contribution in [2.75, 3.05) is 46.5 Å². The first-order valence-electron chi connectivity index (χ1n) is 7.53. The molecule has 2 fully saturated rings. The molecule has 2 rings (SSSR count). The van der Waals surface area contributed by atoms with E-state index in [-0.39, 0.29) is 6.10 Å². The van der Waals surface area contributed by atoms with Gasteiger partial charge >= 0.3 is 0 Å². The smallest absolute Gasteiger partial charge is 0.0897 e. The van der Waals surface area contributed by atoms with Crippen molar-refractivity contribution in [3.63, 3.8) is 0 Å². The van der Waals surface area contributed by atoms with Gasteiger partial charge in [0.25, 0.3) is 0 Å². The molecule has 0 aliphatic carbocycles. The van der Waals surface area contributed by atoms with Crippen molar-refractivity contribution in [3.8, 4) is 0 Å². The number of nitrogens with one attached hydrogen (secondary N) is 1. The summed E-state index contributed by atoms with van der Waals surface area (Å²) in [7, 11) is 2.16. The first-order chi connectivity index (χ1) is 9.24. The van der Waals surface area contributed by atoms with E-state index in [2.05, 4.69) is 17.3 Å². The molecule has 2 aliphatic heterocycles. The Hall–Kier alpha value is -0.200. The minimum absolute atomic E-state index is 0.244. The molecule has 2 N–H and O–H groups in total. The molecule has 0 aromatic heterocycles. The van der Waals surface area contributed by atoms with Crippen LogP contribution in [0, 0.1) is 0 Å². The van der Waals surface area contributed by atoms with Crippen LogP contribution in [-0.4, -0.2) is 74.8 Å². The van der Waals surface area contributed by atoms with Gasteiger partial charge in [-0.05, 0) is 45.8 Å². The topological polar surface area (TPSA) is 54.0 Å². The van der Waals surface area contributed by atoms with Gasteiger partial charge in [0.2, 0.25) is 0 Å². The van der Waals surface area contributed by atoms with Crippen molar-refractivity contribution in [1.29, 1.82) is 0 Å². The standard InChI is InChI=1S/C14H28N2O3/c1-16-6-4-12(5-7-16)15-9-13(17)10-18-11-14-3-2-8-19-14/h12-15,17H,2-11H2,1H3. The minimum Gasteiger partial charge on any atom is -0.389 e. The highest BCUT2D eigenvalue weighted by molar-refractivity contribution is 4.76. The second-order valence-electron chi connectivity index (χ2n) is 5.81. The fraction of sp³-hybridized carbons (Fsp3) is 1.00. The SMILES string of the molecule is CN1CCC(NCC(O)COCC2CCCO2)CC1. The lowest BCUT2D eigenvalue weighted by Crippen LogP contribution is -2.44. The fourth-order valence-corrected chi connectivity index (χ4v) is 2.69. The lowest BCUT2D eigenvalue weighted by atomic mass is 10.1. The fourth-order valence-electron chi connectivity index (χ4n) is 2.69. The average Bonchev–Trinajstić information content (AvgIpc) is 2.91. The summed E-state index contributed by atoms with van der Waals surface area (Å²) in [6, 6.07) is 0.545. The van der Waals surface area contributed by atoms with Gasteiger partial charge in [-0.25, -0.2) is 0 Å². The van der Waals surface area contributed by atoms with Crippen molar-refractivity contribution in [3.05, 3.63) is 0 Å². The molecular weight excluding hydrogens is 244 g/mol. The molecule has 0 aromatic rings. The first-order valence-corrected chi connectivity index (χ1v) is 7.53. The predicted octanol–water partition coefficient (Wildman–Crippen LogP) is 0.227.